The fourth-order valence-corrected chi connectivity index (χ4v) is 3.17. The molecule has 156 valence electrons. The van der Waals surface area contributed by atoms with Gasteiger partial charge in [0.25, 0.3) is 5.91 Å². The van der Waals surface area contributed by atoms with E-state index < -0.39 is 18.5 Å². The van der Waals surface area contributed by atoms with Crippen molar-refractivity contribution < 1.29 is 19.1 Å². The molecule has 0 saturated heterocycles. The molecule has 0 unspecified atom stereocenters. The van der Waals surface area contributed by atoms with Crippen LogP contribution in [0.2, 0.25) is 5.15 Å². The Hall–Kier alpha value is -3.32. The van der Waals surface area contributed by atoms with E-state index in [0.29, 0.717) is 23.7 Å². The molecule has 2 aromatic carbocycles. The van der Waals surface area contributed by atoms with Crippen LogP contribution < -0.4 is 10.1 Å². The number of aryl methyl sites for hydroxylation is 2. The summed E-state index contributed by atoms with van der Waals surface area (Å²) in [6.07, 6.45) is 0. The summed E-state index contributed by atoms with van der Waals surface area (Å²) in [7, 11) is 1.54. The SMILES string of the molecule is COc1cccc(NC(=O)COC(=O)c2c(C)nn(Cc3ccc(C)cc3)c2Cl)c1. The van der Waals surface area contributed by atoms with Gasteiger partial charge in [-0.1, -0.05) is 47.5 Å². The van der Waals surface area contributed by atoms with Crippen LogP contribution in [-0.2, 0) is 16.1 Å². The first-order valence-electron chi connectivity index (χ1n) is 9.27. The number of esters is 1. The third-order valence-corrected chi connectivity index (χ3v) is 4.79. The number of methoxy groups -OCH3 is 1. The smallest absolute Gasteiger partial charge is 0.343 e. The number of halogens is 1. The fraction of sp³-hybridized carbons (Fsp3) is 0.227. The maximum absolute atomic E-state index is 12.5. The predicted molar refractivity (Wildman–Crippen MR) is 114 cm³/mol. The van der Waals surface area contributed by atoms with Crippen LogP contribution in [0.25, 0.3) is 0 Å². The van der Waals surface area contributed by atoms with Gasteiger partial charge in [0, 0.05) is 11.8 Å². The molecule has 3 rings (SSSR count). The van der Waals surface area contributed by atoms with E-state index in [2.05, 4.69) is 10.4 Å². The first-order chi connectivity index (χ1) is 14.4. The van der Waals surface area contributed by atoms with Gasteiger partial charge >= 0.3 is 5.97 Å². The lowest BCUT2D eigenvalue weighted by molar-refractivity contribution is -0.119. The average molecular weight is 428 g/mol. The molecule has 1 N–H and O–H groups in total. The van der Waals surface area contributed by atoms with Crippen molar-refractivity contribution in [1.29, 1.82) is 0 Å². The Labute approximate surface area is 179 Å². The molecular formula is C22H22ClN3O4. The second-order valence-electron chi connectivity index (χ2n) is 6.75. The van der Waals surface area contributed by atoms with Crippen LogP contribution in [-0.4, -0.2) is 35.4 Å². The number of carbonyl (C=O) groups excluding carboxylic acids is 2. The molecule has 1 amide bonds. The van der Waals surface area contributed by atoms with Gasteiger partial charge in [0.15, 0.2) is 6.61 Å². The van der Waals surface area contributed by atoms with Crippen molar-refractivity contribution >= 4 is 29.2 Å². The lowest BCUT2D eigenvalue weighted by Crippen LogP contribution is -2.21. The van der Waals surface area contributed by atoms with E-state index >= 15 is 0 Å². The average Bonchev–Trinajstić information content (AvgIpc) is 3.01. The van der Waals surface area contributed by atoms with Gasteiger partial charge in [0.2, 0.25) is 0 Å². The van der Waals surface area contributed by atoms with E-state index in [4.69, 9.17) is 21.1 Å². The number of hydrogen-bond donors (Lipinski definition) is 1. The first kappa shape index (κ1) is 21.4. The molecule has 0 aliphatic heterocycles. The van der Waals surface area contributed by atoms with Gasteiger partial charge in [-0.05, 0) is 31.5 Å². The van der Waals surface area contributed by atoms with Crippen molar-refractivity contribution in [1.82, 2.24) is 9.78 Å². The fourth-order valence-electron chi connectivity index (χ4n) is 2.86. The standard InChI is InChI=1S/C22H22ClN3O4/c1-14-7-9-16(10-8-14)12-26-21(23)20(15(2)25-26)22(28)30-13-19(27)24-17-5-4-6-18(11-17)29-3/h4-11H,12-13H2,1-3H3,(H,24,27). The monoisotopic (exact) mass is 427 g/mol. The number of nitrogens with zero attached hydrogens (tertiary/aromatic N) is 2. The summed E-state index contributed by atoms with van der Waals surface area (Å²) < 4.78 is 11.8. The van der Waals surface area contributed by atoms with Crippen LogP contribution in [0.5, 0.6) is 5.75 Å². The molecule has 8 heteroatoms. The molecule has 0 aliphatic carbocycles. The zero-order valence-electron chi connectivity index (χ0n) is 16.9. The third-order valence-electron chi connectivity index (χ3n) is 4.41. The van der Waals surface area contributed by atoms with Crippen LogP contribution in [0.15, 0.2) is 48.5 Å². The van der Waals surface area contributed by atoms with Crippen LogP contribution in [0.1, 0.15) is 27.2 Å². The van der Waals surface area contributed by atoms with E-state index in [1.807, 2.05) is 31.2 Å². The van der Waals surface area contributed by atoms with Crippen LogP contribution >= 0.6 is 11.6 Å². The highest BCUT2D eigenvalue weighted by Crippen LogP contribution is 2.22. The molecule has 0 spiro atoms. The lowest BCUT2D eigenvalue weighted by Gasteiger charge is -2.08. The largest absolute Gasteiger partial charge is 0.497 e. The Morgan fingerprint density at radius 1 is 1.13 bits per heavy atom. The number of rotatable bonds is 7. The van der Waals surface area contributed by atoms with Crippen LogP contribution in [0, 0.1) is 13.8 Å². The second kappa shape index (κ2) is 9.45. The zero-order chi connectivity index (χ0) is 21.7. The number of benzene rings is 2. The topological polar surface area (TPSA) is 82.4 Å². The number of hydrogen-bond acceptors (Lipinski definition) is 5. The van der Waals surface area contributed by atoms with E-state index in [1.165, 1.54) is 11.8 Å². The van der Waals surface area contributed by atoms with Gasteiger partial charge in [-0.2, -0.15) is 5.10 Å². The Bertz CT molecular complexity index is 1060. The highest BCUT2D eigenvalue weighted by molar-refractivity contribution is 6.32. The van der Waals surface area contributed by atoms with E-state index in [0.717, 1.165) is 11.1 Å². The van der Waals surface area contributed by atoms with E-state index in [1.54, 1.807) is 31.2 Å². The molecule has 0 aliphatic rings. The highest BCUT2D eigenvalue weighted by Gasteiger charge is 2.22. The van der Waals surface area contributed by atoms with E-state index in [9.17, 15) is 9.59 Å². The molecule has 1 aromatic heterocycles. The minimum Gasteiger partial charge on any atom is -0.497 e. The first-order valence-corrected chi connectivity index (χ1v) is 9.64. The zero-order valence-corrected chi connectivity index (χ0v) is 17.7. The van der Waals surface area contributed by atoms with Crippen molar-refractivity contribution in [2.45, 2.75) is 20.4 Å². The maximum Gasteiger partial charge on any atom is 0.343 e. The number of carbonyl (C=O) groups is 2. The second-order valence-corrected chi connectivity index (χ2v) is 7.11. The molecule has 0 radical (unpaired) electrons. The minimum atomic E-state index is -0.701. The number of nitrogens with one attached hydrogen (secondary N) is 1. The highest BCUT2D eigenvalue weighted by atomic mass is 35.5. The van der Waals surface area contributed by atoms with Gasteiger partial charge in [-0.3, -0.25) is 4.79 Å². The Balaban J connectivity index is 1.63. The summed E-state index contributed by atoms with van der Waals surface area (Å²) in [4.78, 5) is 24.6. The molecule has 3 aromatic rings. The minimum absolute atomic E-state index is 0.151. The number of amides is 1. The Kier molecular flexibility index (Phi) is 6.74. The van der Waals surface area contributed by atoms with Crippen molar-refractivity contribution in [3.8, 4) is 5.75 Å². The number of ether oxygens (including phenoxy) is 2. The molecule has 1 heterocycles. The number of anilines is 1. The van der Waals surface area contributed by atoms with Crippen LogP contribution in [0.4, 0.5) is 5.69 Å². The van der Waals surface area contributed by atoms with Gasteiger partial charge in [0.05, 0.1) is 19.3 Å². The van der Waals surface area contributed by atoms with Gasteiger partial charge < -0.3 is 14.8 Å². The summed E-state index contributed by atoms with van der Waals surface area (Å²) in [6, 6.07) is 14.8. The lowest BCUT2D eigenvalue weighted by atomic mass is 10.1. The van der Waals surface area contributed by atoms with Crippen molar-refractivity contribution in [2.75, 3.05) is 19.0 Å². The summed E-state index contributed by atoms with van der Waals surface area (Å²) in [5.74, 6) is -0.570. The maximum atomic E-state index is 12.5. The van der Waals surface area contributed by atoms with Gasteiger partial charge in [0.1, 0.15) is 16.5 Å². The summed E-state index contributed by atoms with van der Waals surface area (Å²) >= 11 is 6.37. The Morgan fingerprint density at radius 3 is 2.57 bits per heavy atom. The molecular weight excluding hydrogens is 406 g/mol. The summed E-state index contributed by atoms with van der Waals surface area (Å²) in [5, 5.41) is 7.15. The number of aromatic nitrogens is 2. The molecule has 30 heavy (non-hydrogen) atoms. The van der Waals surface area contributed by atoms with Crippen molar-refractivity contribution in [3.63, 3.8) is 0 Å². The molecule has 0 bridgehead atoms. The summed E-state index contributed by atoms with van der Waals surface area (Å²) in [6.45, 7) is 3.65. The molecule has 7 nitrogen and oxygen atoms in total. The van der Waals surface area contributed by atoms with Crippen molar-refractivity contribution in [2.24, 2.45) is 0 Å². The normalized spacial score (nSPS) is 10.5. The Morgan fingerprint density at radius 2 is 1.87 bits per heavy atom. The molecule has 0 atom stereocenters. The van der Waals surface area contributed by atoms with E-state index in [-0.39, 0.29) is 10.7 Å². The van der Waals surface area contributed by atoms with Gasteiger partial charge in [-0.15, -0.1) is 0 Å². The molecule has 0 fully saturated rings. The quantitative estimate of drug-likeness (QED) is 0.576. The summed E-state index contributed by atoms with van der Waals surface area (Å²) in [5.41, 5.74) is 3.28. The predicted octanol–water partition coefficient (Wildman–Crippen LogP) is 4.01. The molecule has 0 saturated carbocycles. The third kappa shape index (κ3) is 5.18. The van der Waals surface area contributed by atoms with Crippen molar-refractivity contribution in [3.05, 3.63) is 76.1 Å². The van der Waals surface area contributed by atoms with Gasteiger partial charge in [-0.25, -0.2) is 9.48 Å². The van der Waals surface area contributed by atoms with Crippen LogP contribution in [0.3, 0.4) is 0 Å².